The molecule has 0 fully saturated rings. The standard InChI is InChI=1S/C25H27FN4O3/c1-3-33-22-15-17(8-12-21(22)32-2)9-13-24(31)27-20-16-18(10-11-19(20)26)25-29-28-23-7-5-4-6-14-30(23)25/h8-13,15-16H,3-7,14H2,1-2H3,(H,27,31)/b13-9+. The molecule has 1 aliphatic heterocycles. The molecule has 0 saturated carbocycles. The lowest BCUT2D eigenvalue weighted by molar-refractivity contribution is -0.111. The number of nitrogens with zero attached hydrogens (tertiary/aromatic N) is 3. The van der Waals surface area contributed by atoms with Crippen LogP contribution in [-0.4, -0.2) is 34.4 Å². The average Bonchev–Trinajstić information content (AvgIpc) is 3.07. The Labute approximate surface area is 192 Å². The summed E-state index contributed by atoms with van der Waals surface area (Å²) in [6, 6.07) is 9.96. The van der Waals surface area contributed by atoms with Gasteiger partial charge in [-0.05, 0) is 61.7 Å². The first-order chi connectivity index (χ1) is 16.1. The van der Waals surface area contributed by atoms with Crippen molar-refractivity contribution >= 4 is 17.7 Å². The summed E-state index contributed by atoms with van der Waals surface area (Å²) in [6.45, 7) is 3.22. The van der Waals surface area contributed by atoms with Crippen molar-refractivity contribution in [3.05, 3.63) is 59.7 Å². The van der Waals surface area contributed by atoms with E-state index in [9.17, 15) is 9.18 Å². The van der Waals surface area contributed by atoms with E-state index in [0.717, 1.165) is 43.6 Å². The number of nitrogens with one attached hydrogen (secondary N) is 1. The molecule has 1 aromatic heterocycles. The lowest BCUT2D eigenvalue weighted by atomic mass is 10.1. The van der Waals surface area contributed by atoms with Gasteiger partial charge in [-0.1, -0.05) is 12.5 Å². The summed E-state index contributed by atoms with van der Waals surface area (Å²) in [5.74, 6) is 1.89. The molecule has 3 aromatic rings. The number of ether oxygens (including phenoxy) is 2. The van der Waals surface area contributed by atoms with Crippen molar-refractivity contribution in [3.8, 4) is 22.9 Å². The fourth-order valence-electron chi connectivity index (χ4n) is 3.87. The molecule has 0 saturated heterocycles. The van der Waals surface area contributed by atoms with Gasteiger partial charge in [0, 0.05) is 24.6 Å². The van der Waals surface area contributed by atoms with E-state index in [0.29, 0.717) is 29.5 Å². The molecule has 1 amide bonds. The van der Waals surface area contributed by atoms with Gasteiger partial charge in [-0.25, -0.2) is 4.39 Å². The number of carbonyl (C=O) groups excluding carboxylic acids is 1. The second-order valence-corrected chi connectivity index (χ2v) is 7.76. The number of carbonyl (C=O) groups is 1. The normalized spacial score (nSPS) is 13.4. The molecule has 4 rings (SSSR count). The molecular weight excluding hydrogens is 423 g/mol. The van der Waals surface area contributed by atoms with Crippen LogP contribution in [0.1, 0.15) is 37.6 Å². The van der Waals surface area contributed by atoms with E-state index in [4.69, 9.17) is 9.47 Å². The van der Waals surface area contributed by atoms with Crippen molar-refractivity contribution in [2.75, 3.05) is 19.0 Å². The Balaban J connectivity index is 1.51. The highest BCUT2D eigenvalue weighted by Gasteiger charge is 2.17. The largest absolute Gasteiger partial charge is 0.493 e. The van der Waals surface area contributed by atoms with Crippen molar-refractivity contribution < 1.29 is 18.7 Å². The first-order valence-corrected chi connectivity index (χ1v) is 11.1. The lowest BCUT2D eigenvalue weighted by Crippen LogP contribution is -2.10. The number of anilines is 1. The molecule has 0 radical (unpaired) electrons. The van der Waals surface area contributed by atoms with Crippen molar-refractivity contribution in [2.45, 2.75) is 39.2 Å². The highest BCUT2D eigenvalue weighted by atomic mass is 19.1. The molecule has 0 spiro atoms. The Hall–Kier alpha value is -3.68. The van der Waals surface area contributed by atoms with Crippen molar-refractivity contribution in [1.82, 2.24) is 14.8 Å². The van der Waals surface area contributed by atoms with Gasteiger partial charge in [0.2, 0.25) is 5.91 Å². The molecule has 0 aliphatic carbocycles. The third kappa shape index (κ3) is 5.22. The van der Waals surface area contributed by atoms with E-state index in [1.165, 1.54) is 12.1 Å². The van der Waals surface area contributed by atoms with Gasteiger partial charge in [-0.2, -0.15) is 0 Å². The van der Waals surface area contributed by atoms with E-state index >= 15 is 0 Å². The van der Waals surface area contributed by atoms with Crippen LogP contribution in [0.5, 0.6) is 11.5 Å². The van der Waals surface area contributed by atoms with E-state index in [1.54, 1.807) is 37.5 Å². The number of benzene rings is 2. The van der Waals surface area contributed by atoms with Crippen LogP contribution in [0.4, 0.5) is 10.1 Å². The SMILES string of the molecule is CCOc1cc(/C=C/C(=O)Nc2cc(-c3nnc4n3CCCCC4)ccc2F)ccc1OC. The number of hydrogen-bond acceptors (Lipinski definition) is 5. The van der Waals surface area contributed by atoms with Gasteiger partial charge in [0.25, 0.3) is 0 Å². The van der Waals surface area contributed by atoms with Crippen LogP contribution in [0.2, 0.25) is 0 Å². The number of rotatable bonds is 7. The molecule has 8 heteroatoms. The van der Waals surface area contributed by atoms with Gasteiger partial charge in [-0.3, -0.25) is 4.79 Å². The maximum Gasteiger partial charge on any atom is 0.248 e. The second-order valence-electron chi connectivity index (χ2n) is 7.76. The number of halogens is 1. The van der Waals surface area contributed by atoms with Crippen LogP contribution < -0.4 is 14.8 Å². The van der Waals surface area contributed by atoms with Crippen LogP contribution in [-0.2, 0) is 17.8 Å². The Morgan fingerprint density at radius 3 is 2.85 bits per heavy atom. The summed E-state index contributed by atoms with van der Waals surface area (Å²) < 4.78 is 27.4. The summed E-state index contributed by atoms with van der Waals surface area (Å²) in [6.07, 6.45) is 7.18. The fourth-order valence-corrected chi connectivity index (χ4v) is 3.87. The summed E-state index contributed by atoms with van der Waals surface area (Å²) in [5.41, 5.74) is 1.57. The molecule has 0 unspecified atom stereocenters. The summed E-state index contributed by atoms with van der Waals surface area (Å²) >= 11 is 0. The monoisotopic (exact) mass is 450 g/mol. The zero-order valence-corrected chi connectivity index (χ0v) is 18.8. The number of amides is 1. The minimum atomic E-state index is -0.515. The van der Waals surface area contributed by atoms with E-state index in [1.807, 2.05) is 13.0 Å². The predicted octanol–water partition coefficient (Wildman–Crippen LogP) is 4.87. The van der Waals surface area contributed by atoms with E-state index < -0.39 is 11.7 Å². The minimum absolute atomic E-state index is 0.0952. The zero-order valence-electron chi connectivity index (χ0n) is 18.8. The molecule has 172 valence electrons. The lowest BCUT2D eigenvalue weighted by Gasteiger charge is -2.10. The smallest absolute Gasteiger partial charge is 0.248 e. The molecule has 33 heavy (non-hydrogen) atoms. The van der Waals surface area contributed by atoms with Gasteiger partial charge in [0.05, 0.1) is 19.4 Å². The maximum atomic E-state index is 14.4. The van der Waals surface area contributed by atoms with Crippen LogP contribution in [0.25, 0.3) is 17.5 Å². The minimum Gasteiger partial charge on any atom is -0.493 e. The van der Waals surface area contributed by atoms with Gasteiger partial charge in [-0.15, -0.1) is 10.2 Å². The third-order valence-corrected chi connectivity index (χ3v) is 5.51. The van der Waals surface area contributed by atoms with Crippen molar-refractivity contribution in [1.29, 1.82) is 0 Å². The van der Waals surface area contributed by atoms with Crippen LogP contribution in [0.15, 0.2) is 42.5 Å². The van der Waals surface area contributed by atoms with Crippen LogP contribution >= 0.6 is 0 Å². The van der Waals surface area contributed by atoms with Gasteiger partial charge in [0.15, 0.2) is 17.3 Å². The maximum absolute atomic E-state index is 14.4. The Morgan fingerprint density at radius 1 is 1.15 bits per heavy atom. The summed E-state index contributed by atoms with van der Waals surface area (Å²) in [7, 11) is 1.57. The Bertz CT molecular complexity index is 1170. The van der Waals surface area contributed by atoms with Crippen LogP contribution in [0, 0.1) is 5.82 Å². The molecule has 0 atom stereocenters. The van der Waals surface area contributed by atoms with Crippen molar-refractivity contribution in [3.63, 3.8) is 0 Å². The number of aromatic nitrogens is 3. The summed E-state index contributed by atoms with van der Waals surface area (Å²) in [5, 5.41) is 11.2. The molecule has 2 heterocycles. The molecule has 1 aliphatic rings. The topological polar surface area (TPSA) is 78.3 Å². The fraction of sp³-hybridized carbons (Fsp3) is 0.320. The van der Waals surface area contributed by atoms with Gasteiger partial charge < -0.3 is 19.4 Å². The number of methoxy groups -OCH3 is 1. The molecule has 2 aromatic carbocycles. The molecule has 0 bridgehead atoms. The number of hydrogen-bond donors (Lipinski definition) is 1. The van der Waals surface area contributed by atoms with Gasteiger partial charge >= 0.3 is 0 Å². The number of fused-ring (bicyclic) bond motifs is 1. The molecule has 1 N–H and O–H groups in total. The quantitative estimate of drug-likeness (QED) is 0.520. The van der Waals surface area contributed by atoms with Gasteiger partial charge in [0.1, 0.15) is 11.6 Å². The summed E-state index contributed by atoms with van der Waals surface area (Å²) in [4.78, 5) is 12.5. The Kier molecular flexibility index (Phi) is 7.02. The van der Waals surface area contributed by atoms with Crippen molar-refractivity contribution in [2.24, 2.45) is 0 Å². The van der Waals surface area contributed by atoms with E-state index in [2.05, 4.69) is 20.1 Å². The highest BCUT2D eigenvalue weighted by Crippen LogP contribution is 2.29. The zero-order chi connectivity index (χ0) is 23.2. The average molecular weight is 451 g/mol. The van der Waals surface area contributed by atoms with Crippen LogP contribution in [0.3, 0.4) is 0 Å². The first-order valence-electron chi connectivity index (χ1n) is 11.1. The first kappa shape index (κ1) is 22.5. The predicted molar refractivity (Wildman–Crippen MR) is 125 cm³/mol. The number of aryl methyl sites for hydroxylation is 1. The third-order valence-electron chi connectivity index (χ3n) is 5.51. The second kappa shape index (κ2) is 10.3. The Morgan fingerprint density at radius 2 is 2.03 bits per heavy atom. The molecule has 7 nitrogen and oxygen atoms in total. The highest BCUT2D eigenvalue weighted by molar-refractivity contribution is 6.02. The molecular formula is C25H27FN4O3. The van der Waals surface area contributed by atoms with E-state index in [-0.39, 0.29) is 5.69 Å².